The molecule has 1 saturated carbocycles. The molecule has 2 aliphatic rings. The number of amides is 2. The number of carbonyl (C=O) groups excluding carboxylic acids is 2. The minimum atomic E-state index is -1.02. The van der Waals surface area contributed by atoms with Crippen molar-refractivity contribution in [2.45, 2.75) is 50.5 Å². The maximum absolute atomic E-state index is 13.2. The summed E-state index contributed by atoms with van der Waals surface area (Å²) in [5, 5.41) is 14.7. The molecule has 3 aromatic carbocycles. The van der Waals surface area contributed by atoms with Gasteiger partial charge < -0.3 is 25.2 Å². The number of hydrogen-bond donors (Lipinski definition) is 3. The van der Waals surface area contributed by atoms with Gasteiger partial charge in [0.15, 0.2) is 0 Å². The van der Waals surface area contributed by atoms with Crippen LogP contribution in [0.25, 0.3) is 11.1 Å². The number of alkyl carbamates (subject to hydrolysis) is 1. The molecule has 3 aromatic rings. The van der Waals surface area contributed by atoms with E-state index in [1.807, 2.05) is 66.7 Å². The van der Waals surface area contributed by atoms with Crippen molar-refractivity contribution in [3.8, 4) is 11.1 Å². The summed E-state index contributed by atoms with van der Waals surface area (Å²) in [7, 11) is 0. The number of carboxylic acid groups (broad SMARTS) is 1. The van der Waals surface area contributed by atoms with Crippen molar-refractivity contribution in [1.82, 2.24) is 10.6 Å². The molecule has 0 radical (unpaired) electrons. The van der Waals surface area contributed by atoms with Crippen LogP contribution in [-0.4, -0.2) is 47.9 Å². The number of nitrogens with one attached hydrogen (secondary N) is 2. The highest BCUT2D eigenvalue weighted by Gasteiger charge is 2.38. The molecule has 39 heavy (non-hydrogen) atoms. The molecule has 8 nitrogen and oxygen atoms in total. The fraction of sp³-hybridized carbons (Fsp3) is 0.323. The molecular weight excluding hydrogens is 496 g/mol. The second-order valence-electron chi connectivity index (χ2n) is 10.2. The highest BCUT2D eigenvalue weighted by molar-refractivity contribution is 5.87. The van der Waals surface area contributed by atoms with Gasteiger partial charge in [0.05, 0.1) is 18.6 Å². The van der Waals surface area contributed by atoms with E-state index in [0.29, 0.717) is 12.8 Å². The Labute approximate surface area is 227 Å². The third-order valence-electron chi connectivity index (χ3n) is 7.56. The summed E-state index contributed by atoms with van der Waals surface area (Å²) in [6.45, 7) is 2.11. The quantitative estimate of drug-likeness (QED) is 0.358. The van der Waals surface area contributed by atoms with E-state index in [9.17, 15) is 14.4 Å². The highest BCUT2D eigenvalue weighted by atomic mass is 16.5. The summed E-state index contributed by atoms with van der Waals surface area (Å²) in [4.78, 5) is 37.3. The Balaban J connectivity index is 1.24. The Morgan fingerprint density at radius 1 is 0.897 bits per heavy atom. The highest BCUT2D eigenvalue weighted by Crippen LogP contribution is 2.44. The van der Waals surface area contributed by atoms with Gasteiger partial charge in [0.2, 0.25) is 5.91 Å². The molecule has 3 N–H and O–H groups in total. The van der Waals surface area contributed by atoms with Gasteiger partial charge in [0, 0.05) is 12.0 Å². The number of fused-ring (bicyclic) bond motifs is 3. The maximum atomic E-state index is 13.2. The first-order valence-electron chi connectivity index (χ1n) is 13.2. The van der Waals surface area contributed by atoms with Gasteiger partial charge in [-0.05, 0) is 47.6 Å². The van der Waals surface area contributed by atoms with Gasteiger partial charge in [0.1, 0.15) is 12.6 Å². The van der Waals surface area contributed by atoms with Crippen LogP contribution in [0.3, 0.4) is 0 Å². The van der Waals surface area contributed by atoms with E-state index in [2.05, 4.69) is 22.8 Å². The van der Waals surface area contributed by atoms with Crippen LogP contribution >= 0.6 is 0 Å². The molecule has 0 heterocycles. The number of rotatable bonds is 10. The van der Waals surface area contributed by atoms with Gasteiger partial charge in [-0.1, -0.05) is 78.9 Å². The van der Waals surface area contributed by atoms with Crippen LogP contribution in [0.4, 0.5) is 4.79 Å². The molecular formula is C31H32N2O6. The van der Waals surface area contributed by atoms with Crippen molar-refractivity contribution in [1.29, 1.82) is 0 Å². The summed E-state index contributed by atoms with van der Waals surface area (Å²) in [5.41, 5.74) is 5.38. The van der Waals surface area contributed by atoms with Crippen LogP contribution in [0.2, 0.25) is 0 Å². The monoisotopic (exact) mass is 528 g/mol. The predicted octanol–water partition coefficient (Wildman–Crippen LogP) is 4.48. The van der Waals surface area contributed by atoms with E-state index in [-0.39, 0.29) is 25.2 Å². The minimum absolute atomic E-state index is 0.106. The van der Waals surface area contributed by atoms with Crippen molar-refractivity contribution in [2.24, 2.45) is 5.92 Å². The van der Waals surface area contributed by atoms with Gasteiger partial charge in [0.25, 0.3) is 0 Å². The van der Waals surface area contributed by atoms with Gasteiger partial charge in [-0.25, -0.2) is 4.79 Å². The summed E-state index contributed by atoms with van der Waals surface area (Å²) < 4.78 is 11.6. The normalized spacial score (nSPS) is 19.1. The second kappa shape index (κ2) is 11.7. The second-order valence-corrected chi connectivity index (χ2v) is 10.2. The minimum Gasteiger partial charge on any atom is -0.481 e. The van der Waals surface area contributed by atoms with Crippen LogP contribution in [0.1, 0.15) is 42.4 Å². The average molecular weight is 529 g/mol. The van der Waals surface area contributed by atoms with E-state index in [0.717, 1.165) is 27.8 Å². The number of carbonyl (C=O) groups is 3. The molecule has 5 rings (SSSR count). The molecule has 0 aromatic heterocycles. The number of hydrogen-bond acceptors (Lipinski definition) is 5. The van der Waals surface area contributed by atoms with Crippen molar-refractivity contribution >= 4 is 18.0 Å². The van der Waals surface area contributed by atoms with Crippen LogP contribution in [0.5, 0.6) is 0 Å². The number of carboxylic acids is 1. The fourth-order valence-corrected chi connectivity index (χ4v) is 5.29. The largest absolute Gasteiger partial charge is 0.481 e. The molecule has 0 aliphatic heterocycles. The standard InChI is InChI=1S/C31H32N2O6/c1-19(38-17-20-9-3-2-4-10-20)28(29(34)32-22-15-21(16-22)30(35)36)33-31(37)39-18-27-25-13-7-5-11-23(25)24-12-6-8-14-26(24)27/h2-14,19,21-22,27-28H,15-18H2,1H3,(H,32,34)(H,33,37)(H,35,36)/t19-,21?,22?,28+/m0/s1. The Hall–Kier alpha value is -4.17. The average Bonchev–Trinajstić information content (AvgIpc) is 3.24. The topological polar surface area (TPSA) is 114 Å². The number of ether oxygens (including phenoxy) is 2. The zero-order valence-electron chi connectivity index (χ0n) is 21.7. The summed E-state index contributed by atoms with van der Waals surface area (Å²) >= 11 is 0. The molecule has 1 fully saturated rings. The lowest BCUT2D eigenvalue weighted by Gasteiger charge is -2.34. The first kappa shape index (κ1) is 26.4. The van der Waals surface area contributed by atoms with Gasteiger partial charge in [-0.2, -0.15) is 0 Å². The molecule has 0 unspecified atom stereocenters. The van der Waals surface area contributed by atoms with E-state index in [1.165, 1.54) is 0 Å². The lowest BCUT2D eigenvalue weighted by Crippen LogP contribution is -2.57. The van der Waals surface area contributed by atoms with Crippen LogP contribution in [0.15, 0.2) is 78.9 Å². The van der Waals surface area contributed by atoms with Crippen LogP contribution in [0, 0.1) is 5.92 Å². The molecule has 0 spiro atoms. The van der Waals surface area contributed by atoms with Gasteiger partial charge in [-0.15, -0.1) is 0 Å². The Kier molecular flexibility index (Phi) is 7.93. The summed E-state index contributed by atoms with van der Waals surface area (Å²) in [5.74, 6) is -1.87. The van der Waals surface area contributed by atoms with Crippen molar-refractivity contribution < 1.29 is 29.0 Å². The molecule has 0 saturated heterocycles. The molecule has 202 valence electrons. The van der Waals surface area contributed by atoms with E-state index in [1.54, 1.807) is 6.92 Å². The summed E-state index contributed by atoms with van der Waals surface area (Å²) in [6.07, 6.45) is -0.666. The third-order valence-corrected chi connectivity index (χ3v) is 7.56. The predicted molar refractivity (Wildman–Crippen MR) is 145 cm³/mol. The molecule has 8 heteroatoms. The molecule has 0 bridgehead atoms. The van der Waals surface area contributed by atoms with Gasteiger partial charge >= 0.3 is 12.1 Å². The van der Waals surface area contributed by atoms with Crippen molar-refractivity contribution in [2.75, 3.05) is 6.61 Å². The zero-order chi connectivity index (χ0) is 27.4. The van der Waals surface area contributed by atoms with E-state index in [4.69, 9.17) is 14.6 Å². The number of aliphatic carboxylic acids is 1. The SMILES string of the molecule is C[C@H](OCc1ccccc1)[C@@H](NC(=O)OCC1c2ccccc2-c2ccccc21)C(=O)NC1CC(C(=O)O)C1. The molecule has 2 amide bonds. The van der Waals surface area contributed by atoms with Crippen molar-refractivity contribution in [3.05, 3.63) is 95.6 Å². The van der Waals surface area contributed by atoms with Gasteiger partial charge in [-0.3, -0.25) is 9.59 Å². The summed E-state index contributed by atoms with van der Waals surface area (Å²) in [6, 6.07) is 24.4. The number of benzene rings is 3. The van der Waals surface area contributed by atoms with Crippen LogP contribution < -0.4 is 10.6 Å². The smallest absolute Gasteiger partial charge is 0.407 e. The third kappa shape index (κ3) is 5.96. The maximum Gasteiger partial charge on any atom is 0.407 e. The van der Waals surface area contributed by atoms with Crippen molar-refractivity contribution in [3.63, 3.8) is 0 Å². The molecule has 2 aliphatic carbocycles. The zero-order valence-corrected chi connectivity index (χ0v) is 21.7. The Bertz CT molecular complexity index is 1290. The molecule has 2 atom stereocenters. The first-order chi connectivity index (χ1) is 18.9. The fourth-order valence-electron chi connectivity index (χ4n) is 5.29. The lowest BCUT2D eigenvalue weighted by molar-refractivity contribution is -0.146. The lowest BCUT2D eigenvalue weighted by atomic mass is 9.80. The Morgan fingerprint density at radius 2 is 1.49 bits per heavy atom. The van der Waals surface area contributed by atoms with Crippen LogP contribution in [-0.2, 0) is 25.7 Å². The van der Waals surface area contributed by atoms with E-state index >= 15 is 0 Å². The first-order valence-corrected chi connectivity index (χ1v) is 13.2. The van der Waals surface area contributed by atoms with E-state index < -0.39 is 36.0 Å². The Morgan fingerprint density at radius 3 is 2.10 bits per heavy atom.